The zero-order chi connectivity index (χ0) is 9.52. The minimum absolute atomic E-state index is 0.127. The van der Waals surface area contributed by atoms with Crippen molar-refractivity contribution in [1.82, 2.24) is 10.8 Å². The van der Waals surface area contributed by atoms with E-state index in [9.17, 15) is 4.79 Å². The quantitative estimate of drug-likeness (QED) is 0.441. The van der Waals surface area contributed by atoms with Crippen molar-refractivity contribution < 1.29 is 14.4 Å². The molecule has 1 rings (SSSR count). The summed E-state index contributed by atoms with van der Waals surface area (Å²) < 4.78 is 4.37. The zero-order valence-electron chi connectivity index (χ0n) is 7.24. The van der Waals surface area contributed by atoms with E-state index in [-0.39, 0.29) is 6.61 Å². The molecule has 72 valence electrons. The third-order valence-electron chi connectivity index (χ3n) is 1.31. The normalized spacial score (nSPS) is 14.4. The molecule has 1 aliphatic rings. The van der Waals surface area contributed by atoms with Gasteiger partial charge in [0.15, 0.2) is 6.61 Å². The van der Waals surface area contributed by atoms with Crippen LogP contribution in [0.15, 0.2) is 16.9 Å². The molecule has 0 amide bonds. The molecule has 1 heterocycles. The smallest absolute Gasteiger partial charge is 0.334 e. The fraction of sp³-hybridized carbons (Fsp3) is 0.429. The van der Waals surface area contributed by atoms with E-state index in [0.717, 1.165) is 5.70 Å². The average molecular weight is 185 g/mol. The number of rotatable bonds is 4. The Morgan fingerprint density at radius 3 is 3.31 bits per heavy atom. The molecular formula is C7H11N3O3. The van der Waals surface area contributed by atoms with E-state index in [4.69, 9.17) is 4.84 Å². The Labute approximate surface area is 75.6 Å². The highest BCUT2D eigenvalue weighted by molar-refractivity contribution is 5.70. The first-order chi connectivity index (χ1) is 6.33. The summed E-state index contributed by atoms with van der Waals surface area (Å²) in [5.74, 6) is -0.430. The Kier molecular flexibility index (Phi) is 3.77. The van der Waals surface area contributed by atoms with E-state index in [2.05, 4.69) is 20.5 Å². The molecule has 2 N–H and O–H groups in total. The van der Waals surface area contributed by atoms with Crippen LogP contribution in [0, 0.1) is 0 Å². The van der Waals surface area contributed by atoms with Crippen LogP contribution in [0.25, 0.3) is 0 Å². The van der Waals surface area contributed by atoms with Crippen molar-refractivity contribution in [2.45, 2.75) is 0 Å². The molecule has 0 unspecified atom stereocenters. The number of ether oxygens (including phenoxy) is 1. The summed E-state index contributed by atoms with van der Waals surface area (Å²) in [5, 5.41) is 2.77. The second-order valence-corrected chi connectivity index (χ2v) is 2.27. The maximum absolute atomic E-state index is 10.6. The molecule has 0 saturated heterocycles. The number of carbonyl (C=O) groups excluding carboxylic acids is 1. The molecule has 0 radical (unpaired) electrons. The molecule has 0 spiro atoms. The maximum Gasteiger partial charge on any atom is 0.334 e. The Morgan fingerprint density at radius 2 is 2.69 bits per heavy atom. The highest BCUT2D eigenvalue weighted by Crippen LogP contribution is 1.91. The van der Waals surface area contributed by atoms with Gasteiger partial charge in [-0.15, -0.1) is 0 Å². The van der Waals surface area contributed by atoms with Crippen LogP contribution in [0.2, 0.25) is 0 Å². The number of carbonyl (C=O) groups is 1. The summed E-state index contributed by atoms with van der Waals surface area (Å²) in [5.41, 5.74) is 3.33. The topological polar surface area (TPSA) is 72.0 Å². The third kappa shape index (κ3) is 3.57. The molecule has 0 fully saturated rings. The summed E-state index contributed by atoms with van der Waals surface area (Å²) in [7, 11) is 1.30. The van der Waals surface area contributed by atoms with Gasteiger partial charge in [-0.25, -0.2) is 4.79 Å². The van der Waals surface area contributed by atoms with Crippen molar-refractivity contribution in [3.63, 3.8) is 0 Å². The first kappa shape index (κ1) is 9.53. The van der Waals surface area contributed by atoms with E-state index >= 15 is 0 Å². The van der Waals surface area contributed by atoms with Crippen molar-refractivity contribution in [1.29, 1.82) is 0 Å². The molecular weight excluding hydrogens is 174 g/mol. The standard InChI is InChI=1S/C7H11N3O3/c1-12-7(11)4-13-10-6-2-8-5-9-3-6/h2,5,10H,3-4H2,1H3,(H,8,9). The average Bonchev–Trinajstić information content (AvgIpc) is 2.19. The Morgan fingerprint density at radius 1 is 1.85 bits per heavy atom. The fourth-order valence-electron chi connectivity index (χ4n) is 0.689. The van der Waals surface area contributed by atoms with E-state index in [1.807, 2.05) is 0 Å². The number of methoxy groups -OCH3 is 1. The van der Waals surface area contributed by atoms with E-state index < -0.39 is 5.97 Å². The van der Waals surface area contributed by atoms with Crippen molar-refractivity contribution >= 4 is 12.3 Å². The second kappa shape index (κ2) is 5.15. The number of nitrogens with zero attached hydrogens (tertiary/aromatic N) is 1. The maximum atomic E-state index is 10.6. The van der Waals surface area contributed by atoms with Crippen LogP contribution < -0.4 is 10.8 Å². The van der Waals surface area contributed by atoms with E-state index in [1.54, 1.807) is 12.5 Å². The minimum Gasteiger partial charge on any atom is -0.467 e. The van der Waals surface area contributed by atoms with Crippen LogP contribution in [0.3, 0.4) is 0 Å². The van der Waals surface area contributed by atoms with Gasteiger partial charge in [0.2, 0.25) is 0 Å². The molecule has 0 aromatic rings. The van der Waals surface area contributed by atoms with Crippen LogP contribution in [0.1, 0.15) is 0 Å². The largest absolute Gasteiger partial charge is 0.467 e. The highest BCUT2D eigenvalue weighted by Gasteiger charge is 2.02. The zero-order valence-corrected chi connectivity index (χ0v) is 7.24. The lowest BCUT2D eigenvalue weighted by Gasteiger charge is -2.10. The van der Waals surface area contributed by atoms with Gasteiger partial charge in [-0.05, 0) is 0 Å². The summed E-state index contributed by atoms with van der Waals surface area (Å²) >= 11 is 0. The Bertz CT molecular complexity index is 237. The predicted molar refractivity (Wildman–Crippen MR) is 45.7 cm³/mol. The SMILES string of the molecule is COC(=O)CONC1=CNC=NC1. The minimum atomic E-state index is -0.430. The fourth-order valence-corrected chi connectivity index (χ4v) is 0.689. The van der Waals surface area contributed by atoms with Crippen LogP contribution >= 0.6 is 0 Å². The lowest BCUT2D eigenvalue weighted by atomic mass is 10.4. The van der Waals surface area contributed by atoms with Crippen molar-refractivity contribution in [2.75, 3.05) is 20.3 Å². The van der Waals surface area contributed by atoms with Gasteiger partial charge in [0.1, 0.15) is 0 Å². The summed E-state index contributed by atoms with van der Waals surface area (Å²) in [6, 6.07) is 0. The van der Waals surface area contributed by atoms with Crippen LogP contribution in [-0.2, 0) is 14.4 Å². The number of hydroxylamine groups is 1. The van der Waals surface area contributed by atoms with Gasteiger partial charge in [-0.2, -0.15) is 0 Å². The van der Waals surface area contributed by atoms with Gasteiger partial charge in [0.25, 0.3) is 0 Å². The van der Waals surface area contributed by atoms with Crippen molar-refractivity contribution in [2.24, 2.45) is 4.99 Å². The Hall–Kier alpha value is -1.56. The van der Waals surface area contributed by atoms with Gasteiger partial charge < -0.3 is 10.1 Å². The first-order valence-corrected chi connectivity index (χ1v) is 3.71. The molecule has 0 aliphatic carbocycles. The number of aliphatic imine (C=N–C) groups is 1. The lowest BCUT2D eigenvalue weighted by molar-refractivity contribution is -0.148. The number of hydrogen-bond donors (Lipinski definition) is 2. The molecule has 0 saturated carbocycles. The molecule has 6 nitrogen and oxygen atoms in total. The number of hydrogen-bond acceptors (Lipinski definition) is 6. The van der Waals surface area contributed by atoms with Gasteiger partial charge in [-0.3, -0.25) is 15.3 Å². The lowest BCUT2D eigenvalue weighted by Crippen LogP contribution is -2.25. The van der Waals surface area contributed by atoms with Gasteiger partial charge >= 0.3 is 5.97 Å². The van der Waals surface area contributed by atoms with Crippen LogP contribution in [0.4, 0.5) is 0 Å². The number of esters is 1. The molecule has 0 aromatic heterocycles. The number of nitrogens with one attached hydrogen (secondary N) is 2. The third-order valence-corrected chi connectivity index (χ3v) is 1.31. The van der Waals surface area contributed by atoms with Gasteiger partial charge in [0, 0.05) is 6.20 Å². The second-order valence-electron chi connectivity index (χ2n) is 2.27. The first-order valence-electron chi connectivity index (χ1n) is 3.71. The van der Waals surface area contributed by atoms with Crippen molar-refractivity contribution in [3.8, 4) is 0 Å². The predicted octanol–water partition coefficient (Wildman–Crippen LogP) is -0.846. The molecule has 0 bridgehead atoms. The monoisotopic (exact) mass is 185 g/mol. The van der Waals surface area contributed by atoms with E-state index in [1.165, 1.54) is 7.11 Å². The molecule has 0 aromatic carbocycles. The summed E-state index contributed by atoms with van der Waals surface area (Å²) in [6.07, 6.45) is 3.27. The van der Waals surface area contributed by atoms with Crippen LogP contribution in [-0.4, -0.2) is 32.6 Å². The Balaban J connectivity index is 2.12. The van der Waals surface area contributed by atoms with Crippen LogP contribution in [0.5, 0.6) is 0 Å². The van der Waals surface area contributed by atoms with Crippen molar-refractivity contribution in [3.05, 3.63) is 11.9 Å². The van der Waals surface area contributed by atoms with Gasteiger partial charge in [-0.1, -0.05) is 0 Å². The molecule has 13 heavy (non-hydrogen) atoms. The van der Waals surface area contributed by atoms with Gasteiger partial charge in [0.05, 0.1) is 25.7 Å². The van der Waals surface area contributed by atoms with E-state index in [0.29, 0.717) is 6.54 Å². The molecule has 1 aliphatic heterocycles. The highest BCUT2D eigenvalue weighted by atomic mass is 16.7. The molecule has 0 atom stereocenters. The molecule has 6 heteroatoms. The summed E-state index contributed by atoms with van der Waals surface area (Å²) in [6.45, 7) is 0.381. The summed E-state index contributed by atoms with van der Waals surface area (Å²) in [4.78, 5) is 19.3.